The standard InChI is InChI=1S/C20H31N5O2/c1-15(19-7-6-16(2)27-19)8-11-24-9-5-10-25-18(14-24)12-17(22-25)13-21-20(26)23(3)4/h6-7,12,15H,5,8-11,13-14H2,1-4H3,(H,21,26)/t15-/m0/s1. The van der Waals surface area contributed by atoms with E-state index in [1.54, 1.807) is 14.1 Å². The third-order valence-electron chi connectivity index (χ3n) is 5.10. The normalized spacial score (nSPS) is 15.9. The Hall–Kier alpha value is -2.28. The van der Waals surface area contributed by atoms with E-state index in [0.717, 1.165) is 56.2 Å². The number of furan rings is 1. The van der Waals surface area contributed by atoms with Crippen molar-refractivity contribution in [2.24, 2.45) is 0 Å². The molecule has 0 fully saturated rings. The molecule has 27 heavy (non-hydrogen) atoms. The Kier molecular flexibility index (Phi) is 6.21. The molecule has 0 unspecified atom stereocenters. The molecule has 0 radical (unpaired) electrons. The molecule has 3 heterocycles. The Labute approximate surface area is 161 Å². The van der Waals surface area contributed by atoms with Crippen molar-refractivity contribution in [3.63, 3.8) is 0 Å². The van der Waals surface area contributed by atoms with Gasteiger partial charge in [0.1, 0.15) is 11.5 Å². The van der Waals surface area contributed by atoms with Gasteiger partial charge in [-0.3, -0.25) is 9.58 Å². The first-order valence-electron chi connectivity index (χ1n) is 9.72. The van der Waals surface area contributed by atoms with Crippen LogP contribution in [0.25, 0.3) is 0 Å². The smallest absolute Gasteiger partial charge is 0.317 e. The van der Waals surface area contributed by atoms with Crippen molar-refractivity contribution in [3.8, 4) is 0 Å². The fraction of sp³-hybridized carbons (Fsp3) is 0.600. The fourth-order valence-electron chi connectivity index (χ4n) is 3.43. The molecular weight excluding hydrogens is 342 g/mol. The number of rotatable bonds is 6. The number of hydrogen-bond acceptors (Lipinski definition) is 4. The molecule has 1 atom stereocenters. The fourth-order valence-corrected chi connectivity index (χ4v) is 3.43. The lowest BCUT2D eigenvalue weighted by Gasteiger charge is -2.21. The summed E-state index contributed by atoms with van der Waals surface area (Å²) in [5, 5.41) is 7.55. The van der Waals surface area contributed by atoms with Gasteiger partial charge < -0.3 is 14.6 Å². The van der Waals surface area contributed by atoms with E-state index in [4.69, 9.17) is 4.42 Å². The molecule has 2 aromatic heterocycles. The second kappa shape index (κ2) is 8.61. The van der Waals surface area contributed by atoms with Crippen molar-refractivity contribution in [2.75, 3.05) is 27.2 Å². The summed E-state index contributed by atoms with van der Waals surface area (Å²) < 4.78 is 7.86. The lowest BCUT2D eigenvalue weighted by atomic mass is 10.0. The monoisotopic (exact) mass is 373 g/mol. The van der Waals surface area contributed by atoms with Crippen LogP contribution in [-0.2, 0) is 19.6 Å². The maximum Gasteiger partial charge on any atom is 0.317 e. The molecular formula is C20H31N5O2. The van der Waals surface area contributed by atoms with E-state index in [-0.39, 0.29) is 6.03 Å². The number of hydrogen-bond donors (Lipinski definition) is 1. The Morgan fingerprint density at radius 2 is 2.19 bits per heavy atom. The van der Waals surface area contributed by atoms with Crippen molar-refractivity contribution in [2.45, 2.75) is 52.2 Å². The summed E-state index contributed by atoms with van der Waals surface area (Å²) in [4.78, 5) is 15.7. The lowest BCUT2D eigenvalue weighted by molar-refractivity contribution is 0.217. The van der Waals surface area contributed by atoms with Crippen LogP contribution in [-0.4, -0.2) is 52.8 Å². The number of fused-ring (bicyclic) bond motifs is 1. The molecule has 1 aliphatic heterocycles. The number of urea groups is 1. The summed E-state index contributed by atoms with van der Waals surface area (Å²) in [6.07, 6.45) is 2.17. The molecule has 0 saturated heterocycles. The highest BCUT2D eigenvalue weighted by Gasteiger charge is 2.18. The minimum absolute atomic E-state index is 0.0954. The summed E-state index contributed by atoms with van der Waals surface area (Å²) in [5.41, 5.74) is 2.14. The number of nitrogens with zero attached hydrogens (tertiary/aromatic N) is 4. The van der Waals surface area contributed by atoms with Gasteiger partial charge in [0.25, 0.3) is 0 Å². The summed E-state index contributed by atoms with van der Waals surface area (Å²) in [5.74, 6) is 2.47. The number of amides is 2. The van der Waals surface area contributed by atoms with Gasteiger partial charge in [-0.05, 0) is 44.5 Å². The van der Waals surface area contributed by atoms with Crippen LogP contribution in [0.1, 0.15) is 48.6 Å². The third kappa shape index (κ3) is 5.13. The van der Waals surface area contributed by atoms with Gasteiger partial charge in [-0.2, -0.15) is 5.10 Å². The molecule has 148 valence electrons. The number of carbonyl (C=O) groups is 1. The van der Waals surface area contributed by atoms with Gasteiger partial charge in [-0.15, -0.1) is 0 Å². The Bertz CT molecular complexity index is 764. The minimum atomic E-state index is -0.0954. The maximum absolute atomic E-state index is 11.7. The summed E-state index contributed by atoms with van der Waals surface area (Å²) >= 11 is 0. The third-order valence-corrected chi connectivity index (χ3v) is 5.10. The van der Waals surface area contributed by atoms with E-state index in [1.165, 1.54) is 10.6 Å². The molecule has 0 aromatic carbocycles. The first-order chi connectivity index (χ1) is 12.9. The van der Waals surface area contributed by atoms with E-state index in [9.17, 15) is 4.79 Å². The average Bonchev–Trinajstić information content (AvgIpc) is 3.18. The molecule has 0 spiro atoms. The van der Waals surface area contributed by atoms with Crippen molar-refractivity contribution in [1.82, 2.24) is 24.9 Å². The Morgan fingerprint density at radius 3 is 2.89 bits per heavy atom. The predicted molar refractivity (Wildman–Crippen MR) is 105 cm³/mol. The van der Waals surface area contributed by atoms with Crippen LogP contribution < -0.4 is 5.32 Å². The predicted octanol–water partition coefficient (Wildman–Crippen LogP) is 2.96. The second-order valence-corrected chi connectivity index (χ2v) is 7.67. The van der Waals surface area contributed by atoms with Gasteiger partial charge in [0.2, 0.25) is 0 Å². The molecule has 1 aliphatic rings. The largest absolute Gasteiger partial charge is 0.466 e. The molecule has 0 saturated carbocycles. The molecule has 2 amide bonds. The van der Waals surface area contributed by atoms with Gasteiger partial charge in [-0.25, -0.2) is 4.79 Å². The van der Waals surface area contributed by atoms with Crippen LogP contribution in [0, 0.1) is 6.92 Å². The van der Waals surface area contributed by atoms with Crippen LogP contribution >= 0.6 is 0 Å². The van der Waals surface area contributed by atoms with Gasteiger partial charge >= 0.3 is 6.03 Å². The van der Waals surface area contributed by atoms with E-state index in [1.807, 2.05) is 13.0 Å². The minimum Gasteiger partial charge on any atom is -0.466 e. The zero-order valence-corrected chi connectivity index (χ0v) is 16.9. The summed E-state index contributed by atoms with van der Waals surface area (Å²) in [7, 11) is 3.47. The van der Waals surface area contributed by atoms with Crippen LogP contribution in [0.2, 0.25) is 0 Å². The highest BCUT2D eigenvalue weighted by atomic mass is 16.3. The summed E-state index contributed by atoms with van der Waals surface area (Å²) in [6, 6.07) is 6.15. The number of aromatic nitrogens is 2. The van der Waals surface area contributed by atoms with Crippen LogP contribution in [0.3, 0.4) is 0 Å². The van der Waals surface area contributed by atoms with Gasteiger partial charge in [-0.1, -0.05) is 6.92 Å². The zero-order chi connectivity index (χ0) is 19.4. The van der Waals surface area contributed by atoms with E-state index in [0.29, 0.717) is 12.5 Å². The number of aryl methyl sites for hydroxylation is 2. The van der Waals surface area contributed by atoms with Crippen LogP contribution in [0.15, 0.2) is 22.6 Å². The van der Waals surface area contributed by atoms with Crippen molar-refractivity contribution < 1.29 is 9.21 Å². The van der Waals surface area contributed by atoms with Gasteiger partial charge in [0, 0.05) is 39.6 Å². The maximum atomic E-state index is 11.7. The molecule has 7 heteroatoms. The molecule has 0 bridgehead atoms. The summed E-state index contributed by atoms with van der Waals surface area (Å²) in [6.45, 7) is 8.64. The first-order valence-corrected chi connectivity index (χ1v) is 9.72. The number of nitrogens with one attached hydrogen (secondary N) is 1. The molecule has 2 aromatic rings. The molecule has 1 N–H and O–H groups in total. The van der Waals surface area contributed by atoms with Gasteiger partial charge in [0.05, 0.1) is 17.9 Å². The quantitative estimate of drug-likeness (QED) is 0.845. The molecule has 0 aliphatic carbocycles. The topological polar surface area (TPSA) is 66.5 Å². The van der Waals surface area contributed by atoms with Crippen molar-refractivity contribution >= 4 is 6.03 Å². The van der Waals surface area contributed by atoms with E-state index >= 15 is 0 Å². The van der Waals surface area contributed by atoms with E-state index < -0.39 is 0 Å². The van der Waals surface area contributed by atoms with Crippen molar-refractivity contribution in [1.29, 1.82) is 0 Å². The lowest BCUT2D eigenvalue weighted by Crippen LogP contribution is -2.34. The van der Waals surface area contributed by atoms with Crippen LogP contribution in [0.5, 0.6) is 0 Å². The first kappa shape index (κ1) is 19.5. The highest BCUT2D eigenvalue weighted by molar-refractivity contribution is 5.73. The van der Waals surface area contributed by atoms with Crippen molar-refractivity contribution in [3.05, 3.63) is 41.1 Å². The van der Waals surface area contributed by atoms with Gasteiger partial charge in [0.15, 0.2) is 0 Å². The number of carbonyl (C=O) groups excluding carboxylic acids is 1. The SMILES string of the molecule is Cc1ccc([C@@H](C)CCN2CCCn3nc(CNC(=O)N(C)C)cc3C2)o1. The molecule has 3 rings (SSSR count). The molecule has 7 nitrogen and oxygen atoms in total. The highest BCUT2D eigenvalue weighted by Crippen LogP contribution is 2.23. The average molecular weight is 374 g/mol. The zero-order valence-electron chi connectivity index (χ0n) is 16.9. The Balaban J connectivity index is 1.54. The van der Waals surface area contributed by atoms with Crippen LogP contribution in [0.4, 0.5) is 4.79 Å². The second-order valence-electron chi connectivity index (χ2n) is 7.67. The Morgan fingerprint density at radius 1 is 1.37 bits per heavy atom. The van der Waals surface area contributed by atoms with E-state index in [2.05, 4.69) is 39.1 Å².